The van der Waals surface area contributed by atoms with Crippen molar-refractivity contribution in [2.75, 3.05) is 44.2 Å². The van der Waals surface area contributed by atoms with E-state index in [1.165, 1.54) is 10.4 Å². The van der Waals surface area contributed by atoms with Gasteiger partial charge in [0.1, 0.15) is 0 Å². The number of benzene rings is 3. The second kappa shape index (κ2) is 9.98. The van der Waals surface area contributed by atoms with Crippen LogP contribution in [0.5, 0.6) is 0 Å². The summed E-state index contributed by atoms with van der Waals surface area (Å²) in [6, 6.07) is 17.8. The summed E-state index contributed by atoms with van der Waals surface area (Å²) >= 11 is 0. The maximum atomic E-state index is 13.4. The molecule has 1 amide bonds. The summed E-state index contributed by atoms with van der Waals surface area (Å²) in [6.07, 6.45) is -3.21. The molecule has 5 rings (SSSR count). The number of carbonyl (C=O) groups excluding carboxylic acids is 1. The molecule has 196 valence electrons. The van der Waals surface area contributed by atoms with Gasteiger partial charge in [-0.25, -0.2) is 8.42 Å². The molecule has 37 heavy (non-hydrogen) atoms. The number of alkyl halides is 3. The fourth-order valence-corrected chi connectivity index (χ4v) is 6.72. The van der Waals surface area contributed by atoms with Crippen LogP contribution in [0.25, 0.3) is 10.8 Å². The molecule has 0 aromatic heterocycles. The third-order valence-corrected chi connectivity index (χ3v) is 9.08. The Bertz CT molecular complexity index is 1400. The van der Waals surface area contributed by atoms with Gasteiger partial charge < -0.3 is 9.80 Å². The fourth-order valence-electron chi connectivity index (χ4n) is 5.16. The second-order valence-electron chi connectivity index (χ2n) is 9.57. The highest BCUT2D eigenvalue weighted by atomic mass is 32.2. The smallest absolute Gasteiger partial charge is 0.368 e. The Balaban J connectivity index is 1.23. The lowest BCUT2D eigenvalue weighted by Gasteiger charge is -2.39. The Morgan fingerprint density at radius 3 is 2.30 bits per heavy atom. The van der Waals surface area contributed by atoms with Gasteiger partial charge in [0.2, 0.25) is 15.9 Å². The van der Waals surface area contributed by atoms with E-state index in [4.69, 9.17) is 0 Å². The van der Waals surface area contributed by atoms with Crippen molar-refractivity contribution in [3.63, 3.8) is 0 Å². The van der Waals surface area contributed by atoms with Gasteiger partial charge in [0.05, 0.1) is 16.4 Å². The van der Waals surface area contributed by atoms with Gasteiger partial charge in [0.25, 0.3) is 0 Å². The predicted molar refractivity (Wildman–Crippen MR) is 136 cm³/mol. The van der Waals surface area contributed by atoms with Crippen molar-refractivity contribution in [3.05, 3.63) is 72.3 Å². The maximum Gasteiger partial charge on any atom is 0.416 e. The van der Waals surface area contributed by atoms with Crippen molar-refractivity contribution in [2.24, 2.45) is 5.92 Å². The standard InChI is InChI=1S/C27H28F3N3O3S/c28-27(29,30)23-8-3-9-24(18-23)31-13-15-32(16-14-31)26(34)22-7-4-12-33(19-22)37(35,36)25-11-10-20-5-1-2-6-21(20)17-25/h1-3,5-6,8-11,17-18,22H,4,7,12-16,19H2/t22-/m1/s1. The van der Waals surface area contributed by atoms with E-state index in [-0.39, 0.29) is 17.3 Å². The number of piperazine rings is 1. The molecule has 0 spiro atoms. The van der Waals surface area contributed by atoms with Crippen molar-refractivity contribution in [2.45, 2.75) is 23.9 Å². The predicted octanol–water partition coefficient (Wildman–Crippen LogP) is 4.61. The van der Waals surface area contributed by atoms with Gasteiger partial charge in [-0.3, -0.25) is 4.79 Å². The minimum Gasteiger partial charge on any atom is -0.368 e. The van der Waals surface area contributed by atoms with Crippen molar-refractivity contribution in [1.29, 1.82) is 0 Å². The summed E-state index contributed by atoms with van der Waals surface area (Å²) in [5.41, 5.74) is -0.217. The first-order valence-corrected chi connectivity index (χ1v) is 13.8. The lowest BCUT2D eigenvalue weighted by molar-refractivity contribution is -0.137. The van der Waals surface area contributed by atoms with Crippen LogP contribution in [0.4, 0.5) is 18.9 Å². The summed E-state index contributed by atoms with van der Waals surface area (Å²) in [5, 5.41) is 1.80. The van der Waals surface area contributed by atoms with E-state index in [0.717, 1.165) is 22.9 Å². The molecule has 3 aromatic carbocycles. The Hall–Kier alpha value is -3.11. The van der Waals surface area contributed by atoms with Crippen LogP contribution in [0.15, 0.2) is 71.6 Å². The highest BCUT2D eigenvalue weighted by Gasteiger charge is 2.36. The molecule has 0 aliphatic carbocycles. The van der Waals surface area contributed by atoms with E-state index < -0.39 is 27.7 Å². The fraction of sp³-hybridized carbons (Fsp3) is 0.370. The number of halogens is 3. The zero-order chi connectivity index (χ0) is 26.2. The number of hydrogen-bond donors (Lipinski definition) is 0. The lowest BCUT2D eigenvalue weighted by atomic mass is 9.97. The summed E-state index contributed by atoms with van der Waals surface area (Å²) < 4.78 is 67.4. The van der Waals surface area contributed by atoms with Crippen LogP contribution in [0, 0.1) is 5.92 Å². The number of amides is 1. The summed E-state index contributed by atoms with van der Waals surface area (Å²) in [4.78, 5) is 17.1. The first-order valence-electron chi connectivity index (χ1n) is 12.3. The van der Waals surface area contributed by atoms with Crippen LogP contribution in [-0.2, 0) is 21.0 Å². The van der Waals surface area contributed by atoms with E-state index in [0.29, 0.717) is 51.3 Å². The van der Waals surface area contributed by atoms with Gasteiger partial charge in [-0.15, -0.1) is 0 Å². The maximum absolute atomic E-state index is 13.4. The molecule has 2 heterocycles. The van der Waals surface area contributed by atoms with Crippen LogP contribution in [-0.4, -0.2) is 62.8 Å². The van der Waals surface area contributed by atoms with E-state index in [1.54, 1.807) is 29.2 Å². The van der Waals surface area contributed by atoms with E-state index in [2.05, 4.69) is 0 Å². The Morgan fingerprint density at radius 2 is 1.57 bits per heavy atom. The quantitative estimate of drug-likeness (QED) is 0.494. The van der Waals surface area contributed by atoms with Gasteiger partial charge in [0, 0.05) is 45.0 Å². The zero-order valence-corrected chi connectivity index (χ0v) is 21.0. The average Bonchev–Trinajstić information content (AvgIpc) is 2.92. The molecule has 0 N–H and O–H groups in total. The van der Waals surface area contributed by atoms with Gasteiger partial charge in [0.15, 0.2) is 0 Å². The van der Waals surface area contributed by atoms with E-state index >= 15 is 0 Å². The van der Waals surface area contributed by atoms with Crippen LogP contribution in [0.1, 0.15) is 18.4 Å². The number of rotatable bonds is 4. The third-order valence-electron chi connectivity index (χ3n) is 7.22. The Kier molecular flexibility index (Phi) is 6.89. The van der Waals surface area contributed by atoms with Crippen molar-refractivity contribution in [3.8, 4) is 0 Å². The number of fused-ring (bicyclic) bond motifs is 1. The van der Waals surface area contributed by atoms with E-state index in [1.807, 2.05) is 29.2 Å². The van der Waals surface area contributed by atoms with Crippen LogP contribution in [0.3, 0.4) is 0 Å². The number of carbonyl (C=O) groups is 1. The zero-order valence-electron chi connectivity index (χ0n) is 20.2. The van der Waals surface area contributed by atoms with Crippen molar-refractivity contribution < 1.29 is 26.4 Å². The first-order chi connectivity index (χ1) is 17.6. The minimum absolute atomic E-state index is 0.0953. The lowest BCUT2D eigenvalue weighted by Crippen LogP contribution is -2.53. The van der Waals surface area contributed by atoms with E-state index in [9.17, 15) is 26.4 Å². The second-order valence-corrected chi connectivity index (χ2v) is 11.5. The van der Waals surface area contributed by atoms with Crippen molar-refractivity contribution >= 4 is 32.4 Å². The number of hydrogen-bond acceptors (Lipinski definition) is 4. The molecular formula is C27H28F3N3O3S. The minimum atomic E-state index is -4.41. The number of anilines is 1. The van der Waals surface area contributed by atoms with Crippen molar-refractivity contribution in [1.82, 2.24) is 9.21 Å². The molecule has 0 unspecified atom stereocenters. The molecule has 1 atom stereocenters. The van der Waals surface area contributed by atoms with Crippen LogP contribution in [0.2, 0.25) is 0 Å². The van der Waals surface area contributed by atoms with Gasteiger partial charge in [-0.1, -0.05) is 36.4 Å². The molecule has 0 saturated carbocycles. The third kappa shape index (κ3) is 5.31. The SMILES string of the molecule is O=C([C@@H]1CCCN(S(=O)(=O)c2ccc3ccccc3c2)C1)N1CCN(c2cccc(C(F)(F)F)c2)CC1. The molecule has 2 fully saturated rings. The summed E-state index contributed by atoms with van der Waals surface area (Å²) in [7, 11) is -3.75. The number of nitrogens with zero attached hydrogens (tertiary/aromatic N) is 3. The summed E-state index contributed by atoms with van der Waals surface area (Å²) in [5.74, 6) is -0.536. The molecular weight excluding hydrogens is 503 g/mol. The monoisotopic (exact) mass is 531 g/mol. The molecule has 6 nitrogen and oxygen atoms in total. The molecule has 2 aliphatic rings. The van der Waals surface area contributed by atoms with Gasteiger partial charge in [-0.05, 0) is 53.9 Å². The van der Waals surface area contributed by atoms with Gasteiger partial charge in [-0.2, -0.15) is 17.5 Å². The molecule has 3 aromatic rings. The molecule has 10 heteroatoms. The Labute approximate surface area is 214 Å². The molecule has 2 aliphatic heterocycles. The largest absolute Gasteiger partial charge is 0.416 e. The van der Waals surface area contributed by atoms with Gasteiger partial charge >= 0.3 is 6.18 Å². The average molecular weight is 532 g/mol. The topological polar surface area (TPSA) is 60.9 Å². The van der Waals surface area contributed by atoms with Crippen LogP contribution < -0.4 is 4.90 Å². The highest BCUT2D eigenvalue weighted by molar-refractivity contribution is 7.89. The highest BCUT2D eigenvalue weighted by Crippen LogP contribution is 2.32. The van der Waals surface area contributed by atoms with Crippen LogP contribution >= 0.6 is 0 Å². The molecule has 0 radical (unpaired) electrons. The number of sulfonamides is 1. The first kappa shape index (κ1) is 25.5. The normalized spacial score (nSPS) is 19.8. The number of piperidine rings is 1. The molecule has 0 bridgehead atoms. The molecule has 2 saturated heterocycles. The summed E-state index contributed by atoms with van der Waals surface area (Å²) in [6.45, 7) is 2.08. The Morgan fingerprint density at radius 1 is 0.838 bits per heavy atom.